The molecule has 0 nitrogen and oxygen atoms in total. The van der Waals surface area contributed by atoms with Crippen molar-refractivity contribution in [1.29, 1.82) is 0 Å². The van der Waals surface area contributed by atoms with Crippen molar-refractivity contribution in [1.82, 2.24) is 0 Å². The third-order valence-corrected chi connectivity index (χ3v) is 6.85. The summed E-state index contributed by atoms with van der Waals surface area (Å²) >= 11 is 0. The van der Waals surface area contributed by atoms with Gasteiger partial charge in [-0.3, -0.25) is 0 Å². The van der Waals surface area contributed by atoms with Crippen LogP contribution in [0.5, 0.6) is 0 Å². The largest absolute Gasteiger partial charge is 0.422 e. The topological polar surface area (TPSA) is 0 Å². The second-order valence-electron chi connectivity index (χ2n) is 8.55. The fourth-order valence-corrected chi connectivity index (χ4v) is 5.25. The molecule has 1 aromatic carbocycles. The number of alkyl halides is 3. The Morgan fingerprint density at radius 2 is 1.36 bits per heavy atom. The molecule has 2 saturated carbocycles. The lowest BCUT2D eigenvalue weighted by Gasteiger charge is -2.38. The van der Waals surface area contributed by atoms with Crippen LogP contribution in [-0.2, 0) is 6.18 Å². The Kier molecular flexibility index (Phi) is 6.82. The van der Waals surface area contributed by atoms with Gasteiger partial charge < -0.3 is 0 Å². The molecule has 2 aliphatic carbocycles. The van der Waals surface area contributed by atoms with E-state index in [1.54, 1.807) is 0 Å². The molecule has 0 saturated heterocycles. The minimum atomic E-state index is -5.00. The fourth-order valence-electron chi connectivity index (χ4n) is 5.25. The van der Waals surface area contributed by atoms with Crippen LogP contribution < -0.4 is 0 Å². The van der Waals surface area contributed by atoms with Gasteiger partial charge >= 0.3 is 6.18 Å². The summed E-state index contributed by atoms with van der Waals surface area (Å²) in [5, 5.41) is 0. The van der Waals surface area contributed by atoms with Crippen molar-refractivity contribution in [3.05, 3.63) is 47.0 Å². The molecule has 0 heterocycles. The van der Waals surface area contributed by atoms with Crippen LogP contribution >= 0.6 is 0 Å². The highest BCUT2D eigenvalue weighted by atomic mass is 19.4. The van der Waals surface area contributed by atoms with Crippen LogP contribution in [0, 0.1) is 29.4 Å². The van der Waals surface area contributed by atoms with Crippen LogP contribution in [0.1, 0.15) is 81.8 Å². The van der Waals surface area contributed by atoms with E-state index in [1.807, 2.05) is 0 Å². The Hall–Kier alpha value is -1.39. The number of allylic oxidation sites excluding steroid dienone is 2. The minimum absolute atomic E-state index is 0.0476. The maximum atomic E-state index is 13.9. The SMILES string of the molecule is CC=CCC1CCC(C2CCC(c3cc(F)c(C(F)(F)F)c(F)c3)CC2)CC1. The zero-order valence-electron chi connectivity index (χ0n) is 16.4. The molecule has 0 unspecified atom stereocenters. The third-order valence-electron chi connectivity index (χ3n) is 6.85. The highest BCUT2D eigenvalue weighted by Crippen LogP contribution is 2.45. The molecule has 0 aliphatic heterocycles. The van der Waals surface area contributed by atoms with E-state index in [0.29, 0.717) is 11.5 Å². The molecule has 0 amide bonds. The average molecular weight is 400 g/mol. The Morgan fingerprint density at radius 1 is 0.857 bits per heavy atom. The van der Waals surface area contributed by atoms with E-state index in [1.165, 1.54) is 32.1 Å². The smallest absolute Gasteiger partial charge is 0.206 e. The summed E-state index contributed by atoms with van der Waals surface area (Å²) in [6.07, 6.45) is 9.16. The first kappa shape index (κ1) is 21.3. The number of hydrogen-bond donors (Lipinski definition) is 0. The Balaban J connectivity index is 1.56. The number of benzene rings is 1. The Bertz CT molecular complexity index is 652. The molecule has 0 bridgehead atoms. The maximum Gasteiger partial charge on any atom is 0.422 e. The van der Waals surface area contributed by atoms with Gasteiger partial charge in [-0.25, -0.2) is 8.78 Å². The summed E-state index contributed by atoms with van der Waals surface area (Å²) in [6.45, 7) is 2.05. The van der Waals surface area contributed by atoms with Crippen LogP contribution in [0.15, 0.2) is 24.3 Å². The normalized spacial score (nSPS) is 29.4. The van der Waals surface area contributed by atoms with Crippen LogP contribution in [0.25, 0.3) is 0 Å². The highest BCUT2D eigenvalue weighted by molar-refractivity contribution is 5.30. The number of rotatable bonds is 4. The maximum absolute atomic E-state index is 13.9. The van der Waals surface area contributed by atoms with Crippen molar-refractivity contribution in [3.8, 4) is 0 Å². The average Bonchev–Trinajstić information content (AvgIpc) is 2.65. The monoisotopic (exact) mass is 400 g/mol. The first-order valence-electron chi connectivity index (χ1n) is 10.5. The second-order valence-corrected chi connectivity index (χ2v) is 8.55. The van der Waals surface area contributed by atoms with Crippen LogP contribution in [0.4, 0.5) is 22.0 Å². The van der Waals surface area contributed by atoms with Crippen molar-refractivity contribution < 1.29 is 22.0 Å². The molecule has 2 fully saturated rings. The number of hydrogen-bond acceptors (Lipinski definition) is 0. The molecule has 2 aliphatic rings. The van der Waals surface area contributed by atoms with Crippen molar-refractivity contribution in [2.75, 3.05) is 0 Å². The van der Waals surface area contributed by atoms with Crippen molar-refractivity contribution in [2.24, 2.45) is 17.8 Å². The van der Waals surface area contributed by atoms with Gasteiger partial charge in [-0.05, 0) is 106 Å². The molecule has 1 aromatic rings. The molecule has 3 rings (SSSR count). The lowest BCUT2D eigenvalue weighted by atomic mass is 9.68. The zero-order valence-corrected chi connectivity index (χ0v) is 16.4. The number of halogens is 5. The van der Waals surface area contributed by atoms with E-state index in [0.717, 1.165) is 49.7 Å². The summed E-state index contributed by atoms with van der Waals surface area (Å²) in [5.41, 5.74) is -1.41. The summed E-state index contributed by atoms with van der Waals surface area (Å²) in [5.74, 6) is -0.879. The summed E-state index contributed by atoms with van der Waals surface area (Å²) in [6, 6.07) is 1.78. The molecule has 0 N–H and O–H groups in total. The predicted molar refractivity (Wildman–Crippen MR) is 101 cm³/mol. The molecule has 28 heavy (non-hydrogen) atoms. The van der Waals surface area contributed by atoms with Gasteiger partial charge in [0.05, 0.1) is 0 Å². The van der Waals surface area contributed by atoms with Crippen LogP contribution in [0.3, 0.4) is 0 Å². The van der Waals surface area contributed by atoms with Crippen molar-refractivity contribution >= 4 is 0 Å². The summed E-state index contributed by atoms with van der Waals surface area (Å²) in [4.78, 5) is 0. The minimum Gasteiger partial charge on any atom is -0.206 e. The summed E-state index contributed by atoms with van der Waals surface area (Å²) in [7, 11) is 0. The highest BCUT2D eigenvalue weighted by Gasteiger charge is 2.39. The van der Waals surface area contributed by atoms with Gasteiger partial charge in [-0.15, -0.1) is 0 Å². The van der Waals surface area contributed by atoms with E-state index in [4.69, 9.17) is 0 Å². The molecule has 156 valence electrons. The van der Waals surface area contributed by atoms with Crippen LogP contribution in [-0.4, -0.2) is 0 Å². The molecule has 5 heteroatoms. The van der Waals surface area contributed by atoms with E-state index in [2.05, 4.69) is 19.1 Å². The fraction of sp³-hybridized carbons (Fsp3) is 0.652. The van der Waals surface area contributed by atoms with Gasteiger partial charge in [0.1, 0.15) is 17.2 Å². The van der Waals surface area contributed by atoms with Gasteiger partial charge in [0.2, 0.25) is 0 Å². The molecule has 0 spiro atoms. The Labute approximate surface area is 164 Å². The van der Waals surface area contributed by atoms with Crippen molar-refractivity contribution in [3.63, 3.8) is 0 Å². The van der Waals surface area contributed by atoms with Gasteiger partial charge in [-0.1, -0.05) is 12.2 Å². The first-order chi connectivity index (χ1) is 13.3. The van der Waals surface area contributed by atoms with Gasteiger partial charge in [0, 0.05) is 0 Å². The molecule has 0 atom stereocenters. The van der Waals surface area contributed by atoms with Gasteiger partial charge in [0.25, 0.3) is 0 Å². The van der Waals surface area contributed by atoms with E-state index < -0.39 is 23.4 Å². The van der Waals surface area contributed by atoms with Crippen LogP contribution in [0.2, 0.25) is 0 Å². The Morgan fingerprint density at radius 3 is 1.82 bits per heavy atom. The van der Waals surface area contributed by atoms with E-state index in [-0.39, 0.29) is 5.92 Å². The van der Waals surface area contributed by atoms with Gasteiger partial charge in [0.15, 0.2) is 0 Å². The lowest BCUT2D eigenvalue weighted by Crippen LogP contribution is -2.25. The zero-order chi connectivity index (χ0) is 20.3. The van der Waals surface area contributed by atoms with E-state index in [9.17, 15) is 22.0 Å². The molecule has 0 aromatic heterocycles. The third kappa shape index (κ3) is 4.96. The van der Waals surface area contributed by atoms with Gasteiger partial charge in [-0.2, -0.15) is 13.2 Å². The quantitative estimate of drug-likeness (QED) is 0.354. The molecular weight excluding hydrogens is 371 g/mol. The lowest BCUT2D eigenvalue weighted by molar-refractivity contribution is -0.142. The van der Waals surface area contributed by atoms with E-state index >= 15 is 0 Å². The molecular formula is C23H29F5. The predicted octanol–water partition coefficient (Wildman–Crippen LogP) is 8.03. The first-order valence-corrected chi connectivity index (χ1v) is 10.5. The summed E-state index contributed by atoms with van der Waals surface area (Å²) < 4.78 is 66.0. The second kappa shape index (κ2) is 8.96. The standard InChI is InChI=1S/C23H29F5/c1-2-3-4-15-5-7-16(8-6-15)17-9-11-18(12-10-17)19-13-20(24)22(21(25)14-19)23(26,27)28/h2-3,13-18H,4-12H2,1H3. The van der Waals surface area contributed by atoms with Crippen molar-refractivity contribution in [2.45, 2.75) is 76.8 Å². The molecule has 0 radical (unpaired) electrons.